The van der Waals surface area contributed by atoms with Crippen molar-refractivity contribution in [2.45, 2.75) is 103 Å². The second-order valence-corrected chi connectivity index (χ2v) is 13.3. The Labute approximate surface area is 302 Å². The van der Waals surface area contributed by atoms with Gasteiger partial charge in [0.1, 0.15) is 11.5 Å². The van der Waals surface area contributed by atoms with E-state index < -0.39 is 12.2 Å². The molecule has 0 saturated heterocycles. The first kappa shape index (κ1) is 41.6. The number of pyridine rings is 1. The van der Waals surface area contributed by atoms with E-state index in [1.54, 1.807) is 24.3 Å². The third-order valence-electron chi connectivity index (χ3n) is 8.83. The van der Waals surface area contributed by atoms with Crippen molar-refractivity contribution in [2.24, 2.45) is 0 Å². The van der Waals surface area contributed by atoms with Gasteiger partial charge in [0.2, 0.25) is 5.56 Å². The molecule has 0 fully saturated rings. The Morgan fingerprint density at radius 1 is 0.824 bits per heavy atom. The maximum absolute atomic E-state index is 11.4. The smallest absolute Gasteiger partial charge is 0.248 e. The van der Waals surface area contributed by atoms with E-state index in [4.69, 9.17) is 4.74 Å². The van der Waals surface area contributed by atoms with E-state index >= 15 is 0 Å². The highest BCUT2D eigenvalue weighted by molar-refractivity contribution is 5.87. The molecule has 0 saturated carbocycles. The predicted molar refractivity (Wildman–Crippen MR) is 204 cm³/mol. The van der Waals surface area contributed by atoms with Crippen LogP contribution in [0.25, 0.3) is 10.9 Å². The Hall–Kier alpha value is -3.77. The molecule has 0 aliphatic rings. The number of phenols is 2. The van der Waals surface area contributed by atoms with Gasteiger partial charge >= 0.3 is 0 Å². The molecule has 10 heteroatoms. The Morgan fingerprint density at radius 3 is 2.24 bits per heavy atom. The molecule has 3 aromatic carbocycles. The second kappa shape index (κ2) is 22.9. The molecule has 8 N–H and O–H groups in total. The first-order valence-electron chi connectivity index (χ1n) is 18.4. The van der Waals surface area contributed by atoms with Gasteiger partial charge in [-0.3, -0.25) is 4.79 Å². The maximum Gasteiger partial charge on any atom is 0.248 e. The molecule has 4 aromatic rings. The first-order valence-corrected chi connectivity index (χ1v) is 18.4. The fourth-order valence-corrected chi connectivity index (χ4v) is 5.98. The summed E-state index contributed by atoms with van der Waals surface area (Å²) < 4.78 is 5.72. The van der Waals surface area contributed by atoms with Crippen molar-refractivity contribution >= 4 is 10.9 Å². The number of rotatable bonds is 21. The number of aromatic hydroxyl groups is 2. The number of H-pyrrole nitrogens is 1. The summed E-state index contributed by atoms with van der Waals surface area (Å²) in [5.74, 6) is 0.0566. The maximum atomic E-state index is 11.4. The highest BCUT2D eigenvalue weighted by Crippen LogP contribution is 2.31. The monoisotopic (exact) mass is 705 g/mol. The number of phenolic OH excluding ortho intramolecular Hbond substituents is 1. The second-order valence-electron chi connectivity index (χ2n) is 13.3. The molecule has 10 nitrogen and oxygen atoms in total. The van der Waals surface area contributed by atoms with Crippen LogP contribution in [0.15, 0.2) is 77.6 Å². The number of benzene rings is 3. The molecule has 3 unspecified atom stereocenters. The van der Waals surface area contributed by atoms with E-state index in [0.717, 1.165) is 64.7 Å². The molecule has 1 aromatic heterocycles. The lowest BCUT2D eigenvalue weighted by Gasteiger charge is -2.26. The Bertz CT molecular complexity index is 1610. The number of hydrogen-bond acceptors (Lipinski definition) is 9. The van der Waals surface area contributed by atoms with Crippen LogP contribution in [0.3, 0.4) is 0 Å². The van der Waals surface area contributed by atoms with E-state index in [1.165, 1.54) is 30.2 Å². The van der Waals surface area contributed by atoms with Crippen molar-refractivity contribution in [3.8, 4) is 11.5 Å². The van der Waals surface area contributed by atoms with Crippen LogP contribution in [-0.2, 0) is 17.8 Å². The zero-order valence-corrected chi connectivity index (χ0v) is 30.5. The van der Waals surface area contributed by atoms with Gasteiger partial charge < -0.3 is 45.9 Å². The fourth-order valence-electron chi connectivity index (χ4n) is 5.98. The predicted octanol–water partition coefficient (Wildman–Crippen LogP) is 6.15. The molecule has 0 amide bonds. The zero-order chi connectivity index (χ0) is 37.0. The van der Waals surface area contributed by atoms with Crippen LogP contribution in [0.2, 0.25) is 0 Å². The summed E-state index contributed by atoms with van der Waals surface area (Å²) in [6.45, 7) is 8.84. The van der Waals surface area contributed by atoms with Gasteiger partial charge in [-0.1, -0.05) is 76.1 Å². The number of aromatic nitrogens is 1. The molecular formula is C41H59N3O7. The Kier molecular flexibility index (Phi) is 18.7. The third kappa shape index (κ3) is 14.4. The van der Waals surface area contributed by atoms with Crippen LogP contribution < -0.4 is 16.2 Å². The summed E-state index contributed by atoms with van der Waals surface area (Å²) in [7, 11) is 0. The topological polar surface area (TPSA) is 167 Å². The van der Waals surface area contributed by atoms with Gasteiger partial charge in [-0.15, -0.1) is 0 Å². The van der Waals surface area contributed by atoms with Crippen LogP contribution in [0.4, 0.5) is 0 Å². The van der Waals surface area contributed by atoms with Crippen LogP contribution in [-0.4, -0.2) is 68.9 Å². The number of hydrogen-bond donors (Lipinski definition) is 8. The quantitative estimate of drug-likeness (QED) is 0.0475. The van der Waals surface area contributed by atoms with Gasteiger partial charge in [-0.2, -0.15) is 0 Å². The summed E-state index contributed by atoms with van der Waals surface area (Å²) in [4.78, 5) is 14.0. The number of aromatic amines is 1. The Morgan fingerprint density at radius 2 is 1.53 bits per heavy atom. The number of ether oxygens (including phenoxy) is 1. The van der Waals surface area contributed by atoms with Gasteiger partial charge in [0, 0.05) is 48.9 Å². The van der Waals surface area contributed by atoms with Crippen molar-refractivity contribution in [1.82, 2.24) is 15.6 Å². The van der Waals surface area contributed by atoms with E-state index in [2.05, 4.69) is 45.9 Å². The summed E-state index contributed by atoms with van der Waals surface area (Å²) in [5.41, 5.74) is 3.31. The number of aliphatic hydroxyl groups is 3. The average Bonchev–Trinajstić information content (AvgIpc) is 3.13. The van der Waals surface area contributed by atoms with E-state index in [9.17, 15) is 30.3 Å². The molecule has 0 bridgehead atoms. The zero-order valence-electron chi connectivity index (χ0n) is 30.5. The number of fused-ring (bicyclic) bond motifs is 1. The number of unbranched alkanes of at least 4 members (excludes halogenated alkanes) is 4. The minimum Gasteiger partial charge on any atom is -0.508 e. The summed E-state index contributed by atoms with van der Waals surface area (Å²) >= 11 is 0. The molecule has 280 valence electrons. The van der Waals surface area contributed by atoms with Gasteiger partial charge in [-0.05, 0) is 86.0 Å². The van der Waals surface area contributed by atoms with E-state index in [1.807, 2.05) is 20.8 Å². The van der Waals surface area contributed by atoms with Crippen molar-refractivity contribution in [3.63, 3.8) is 0 Å². The normalized spacial score (nSPS) is 13.2. The van der Waals surface area contributed by atoms with Crippen molar-refractivity contribution < 1.29 is 30.3 Å². The van der Waals surface area contributed by atoms with Crippen LogP contribution in [0, 0.1) is 0 Å². The van der Waals surface area contributed by atoms with Gasteiger partial charge in [0.15, 0.2) is 0 Å². The van der Waals surface area contributed by atoms with Crippen molar-refractivity contribution in [3.05, 3.63) is 105 Å². The largest absolute Gasteiger partial charge is 0.508 e. The van der Waals surface area contributed by atoms with Crippen molar-refractivity contribution in [1.29, 1.82) is 0 Å². The molecule has 0 aliphatic heterocycles. The van der Waals surface area contributed by atoms with Gasteiger partial charge in [0.05, 0.1) is 24.3 Å². The number of aryl methyl sites for hydroxylation is 1. The highest BCUT2D eigenvalue weighted by Gasteiger charge is 2.22. The SMILES string of the molecule is CCC(NC(C)C)C(O)c1ccc(O)c2[nH]c(=O)ccc12.OCc1cc(C(O)CNCCCCCCOCCCCc2ccccc2)ccc1O. The minimum atomic E-state index is -0.716. The lowest BCUT2D eigenvalue weighted by atomic mass is 9.95. The first-order chi connectivity index (χ1) is 24.6. The molecule has 4 rings (SSSR count). The van der Waals surface area contributed by atoms with E-state index in [-0.39, 0.29) is 35.7 Å². The molecule has 0 aliphatic carbocycles. The Balaban J connectivity index is 0.000000293. The highest BCUT2D eigenvalue weighted by atomic mass is 16.5. The number of aliphatic hydroxyl groups excluding tert-OH is 3. The molecule has 1 heterocycles. The fraction of sp³-hybridized carbons (Fsp3) is 0.488. The van der Waals surface area contributed by atoms with Crippen molar-refractivity contribution in [2.75, 3.05) is 26.3 Å². The summed E-state index contributed by atoms with van der Waals surface area (Å²) in [6.07, 6.45) is 7.29. The van der Waals surface area contributed by atoms with Gasteiger partial charge in [-0.25, -0.2) is 0 Å². The standard InChI is InChI=1S/C25H37NO4.C16H22N2O3/c27-20-23-18-22(13-14-24(23)28)25(29)19-26-15-7-1-2-8-16-30-17-9-6-12-21-10-4-3-5-11-21;1-4-12(17-9(2)3)16(21)11-5-7-13(19)15-10(11)6-8-14(20)18-15/h3-5,10-11,13-14,18,25-29H,1-2,6-9,12,15-17,19-20H2;5-9,12,16-17,19,21H,4H2,1-3H3,(H,18,20). The molecule has 3 atom stereocenters. The van der Waals surface area contributed by atoms with Crippen LogP contribution in [0.5, 0.6) is 11.5 Å². The molecule has 0 radical (unpaired) electrons. The lowest BCUT2D eigenvalue weighted by Crippen LogP contribution is -2.39. The number of nitrogens with one attached hydrogen (secondary N) is 3. The lowest BCUT2D eigenvalue weighted by molar-refractivity contribution is 0.123. The third-order valence-corrected chi connectivity index (χ3v) is 8.83. The van der Waals surface area contributed by atoms with Gasteiger partial charge in [0.25, 0.3) is 0 Å². The average molecular weight is 706 g/mol. The van der Waals surface area contributed by atoms with Crippen LogP contribution >= 0.6 is 0 Å². The summed E-state index contributed by atoms with van der Waals surface area (Å²) in [6, 6.07) is 21.8. The molecule has 51 heavy (non-hydrogen) atoms. The molecule has 0 spiro atoms. The van der Waals surface area contributed by atoms with E-state index in [0.29, 0.717) is 34.1 Å². The summed E-state index contributed by atoms with van der Waals surface area (Å²) in [5, 5.41) is 56.8. The molecular weight excluding hydrogens is 646 g/mol. The van der Waals surface area contributed by atoms with Crippen LogP contribution in [0.1, 0.15) is 100 Å². The minimum absolute atomic E-state index is 0.00326.